The van der Waals surface area contributed by atoms with Gasteiger partial charge in [-0.2, -0.15) is 5.10 Å². The number of esters is 1. The van der Waals surface area contributed by atoms with E-state index in [0.717, 1.165) is 5.56 Å². The topological polar surface area (TPSA) is 96.9 Å². The molecule has 0 atom stereocenters. The summed E-state index contributed by atoms with van der Waals surface area (Å²) in [7, 11) is 0. The van der Waals surface area contributed by atoms with Crippen molar-refractivity contribution in [2.45, 2.75) is 6.92 Å². The van der Waals surface area contributed by atoms with E-state index >= 15 is 0 Å². The van der Waals surface area contributed by atoms with Crippen LogP contribution >= 0.6 is 23.2 Å². The standard InChI is InChI=1S/C23H17Cl2N3O4/c1-14-5-8-17(9-6-14)27-21(29)22(30)28-26-13-15-3-2-4-18(11-15)32-23(31)19-10-7-16(24)12-20(19)25/h2-13H,1H3,(H,27,29)(H,28,30)/b26-13-. The second kappa shape index (κ2) is 10.6. The van der Waals surface area contributed by atoms with Crippen LogP contribution in [-0.4, -0.2) is 24.0 Å². The van der Waals surface area contributed by atoms with Gasteiger partial charge in [0, 0.05) is 10.7 Å². The molecule has 0 unspecified atom stereocenters. The number of hydrogen-bond acceptors (Lipinski definition) is 5. The number of carbonyl (C=O) groups is 3. The van der Waals surface area contributed by atoms with Crippen molar-refractivity contribution in [3.63, 3.8) is 0 Å². The van der Waals surface area contributed by atoms with Gasteiger partial charge in [0.25, 0.3) is 0 Å². The number of benzene rings is 3. The molecule has 3 rings (SSSR count). The Morgan fingerprint density at radius 2 is 1.69 bits per heavy atom. The SMILES string of the molecule is Cc1ccc(NC(=O)C(=O)N/N=C\c2cccc(OC(=O)c3ccc(Cl)cc3Cl)c2)cc1. The molecule has 0 spiro atoms. The number of ether oxygens (including phenoxy) is 1. The first kappa shape index (κ1) is 23.0. The zero-order valence-corrected chi connectivity index (χ0v) is 18.3. The molecular formula is C23H17Cl2N3O4. The molecule has 0 aliphatic rings. The summed E-state index contributed by atoms with van der Waals surface area (Å²) in [5.41, 5.74) is 4.36. The maximum absolute atomic E-state index is 12.3. The van der Waals surface area contributed by atoms with Gasteiger partial charge in [-0.25, -0.2) is 10.2 Å². The molecule has 3 aromatic carbocycles. The fraction of sp³-hybridized carbons (Fsp3) is 0.0435. The summed E-state index contributed by atoms with van der Waals surface area (Å²) in [6, 6.07) is 17.9. The van der Waals surface area contributed by atoms with Gasteiger partial charge in [0.2, 0.25) is 0 Å². The van der Waals surface area contributed by atoms with Crippen LogP contribution in [0.15, 0.2) is 71.8 Å². The molecule has 2 amide bonds. The van der Waals surface area contributed by atoms with Gasteiger partial charge in [0.1, 0.15) is 5.75 Å². The van der Waals surface area contributed by atoms with Gasteiger partial charge < -0.3 is 10.1 Å². The van der Waals surface area contributed by atoms with E-state index in [0.29, 0.717) is 16.3 Å². The minimum absolute atomic E-state index is 0.169. The lowest BCUT2D eigenvalue weighted by molar-refractivity contribution is -0.136. The molecule has 32 heavy (non-hydrogen) atoms. The number of aryl methyl sites for hydroxylation is 1. The van der Waals surface area contributed by atoms with Crippen molar-refractivity contribution in [1.82, 2.24) is 5.43 Å². The summed E-state index contributed by atoms with van der Waals surface area (Å²) in [5.74, 6) is -2.19. The number of hydrogen-bond donors (Lipinski definition) is 2. The predicted octanol–water partition coefficient (Wildman–Crippen LogP) is 4.61. The summed E-state index contributed by atoms with van der Waals surface area (Å²) in [5, 5.41) is 6.80. The van der Waals surface area contributed by atoms with Crippen molar-refractivity contribution in [2.24, 2.45) is 5.10 Å². The van der Waals surface area contributed by atoms with Crippen LogP contribution in [0, 0.1) is 6.92 Å². The van der Waals surface area contributed by atoms with Gasteiger partial charge in [-0.1, -0.05) is 53.0 Å². The second-order valence-electron chi connectivity index (χ2n) is 6.61. The Kier molecular flexibility index (Phi) is 7.59. The molecule has 9 heteroatoms. The average Bonchev–Trinajstić information content (AvgIpc) is 2.75. The zero-order valence-electron chi connectivity index (χ0n) is 16.8. The number of nitrogens with zero attached hydrogens (tertiary/aromatic N) is 1. The highest BCUT2D eigenvalue weighted by Crippen LogP contribution is 2.23. The number of rotatable bonds is 5. The van der Waals surface area contributed by atoms with Crippen molar-refractivity contribution in [2.75, 3.05) is 5.32 Å². The summed E-state index contributed by atoms with van der Waals surface area (Å²) < 4.78 is 5.32. The summed E-state index contributed by atoms with van der Waals surface area (Å²) in [6.07, 6.45) is 1.31. The van der Waals surface area contributed by atoms with Crippen LogP contribution < -0.4 is 15.5 Å². The number of anilines is 1. The normalized spacial score (nSPS) is 10.6. The highest BCUT2D eigenvalue weighted by Gasteiger charge is 2.14. The highest BCUT2D eigenvalue weighted by molar-refractivity contribution is 6.39. The Morgan fingerprint density at radius 3 is 2.41 bits per heavy atom. The Morgan fingerprint density at radius 1 is 0.938 bits per heavy atom. The third-order valence-corrected chi connectivity index (χ3v) is 4.66. The van der Waals surface area contributed by atoms with Gasteiger partial charge in [-0.15, -0.1) is 0 Å². The van der Waals surface area contributed by atoms with E-state index in [1.807, 2.05) is 19.1 Å². The van der Waals surface area contributed by atoms with E-state index < -0.39 is 17.8 Å². The second-order valence-corrected chi connectivity index (χ2v) is 7.45. The third kappa shape index (κ3) is 6.41. The van der Waals surface area contributed by atoms with Gasteiger partial charge in [-0.3, -0.25) is 9.59 Å². The van der Waals surface area contributed by atoms with Gasteiger partial charge >= 0.3 is 17.8 Å². The lowest BCUT2D eigenvalue weighted by atomic mass is 10.2. The predicted molar refractivity (Wildman–Crippen MR) is 123 cm³/mol. The van der Waals surface area contributed by atoms with Crippen LogP contribution in [0.3, 0.4) is 0 Å². The van der Waals surface area contributed by atoms with Gasteiger partial charge in [0.05, 0.1) is 16.8 Å². The number of amides is 2. The van der Waals surface area contributed by atoms with Gasteiger partial charge in [-0.05, 0) is 55.0 Å². The van der Waals surface area contributed by atoms with Crippen LogP contribution in [0.25, 0.3) is 0 Å². The molecule has 0 heterocycles. The lowest BCUT2D eigenvalue weighted by Crippen LogP contribution is -2.32. The first-order valence-electron chi connectivity index (χ1n) is 9.30. The van der Waals surface area contributed by atoms with E-state index in [1.165, 1.54) is 30.5 Å². The fourth-order valence-corrected chi connectivity index (χ4v) is 3.00. The van der Waals surface area contributed by atoms with Crippen LogP contribution in [0.2, 0.25) is 10.0 Å². The molecular weight excluding hydrogens is 453 g/mol. The van der Waals surface area contributed by atoms with Crippen LogP contribution in [-0.2, 0) is 9.59 Å². The Hall–Kier alpha value is -3.68. The first-order valence-corrected chi connectivity index (χ1v) is 10.1. The summed E-state index contributed by atoms with van der Waals surface area (Å²) in [6.45, 7) is 1.91. The minimum Gasteiger partial charge on any atom is -0.423 e. The van der Waals surface area contributed by atoms with Crippen molar-refractivity contribution in [3.8, 4) is 5.75 Å². The molecule has 0 saturated carbocycles. The summed E-state index contributed by atoms with van der Waals surface area (Å²) in [4.78, 5) is 36.1. The molecule has 0 radical (unpaired) electrons. The Bertz CT molecular complexity index is 1190. The molecule has 0 bridgehead atoms. The van der Waals surface area contributed by atoms with Crippen molar-refractivity contribution >= 4 is 52.9 Å². The molecule has 2 N–H and O–H groups in total. The van der Waals surface area contributed by atoms with E-state index in [2.05, 4.69) is 15.8 Å². The fourth-order valence-electron chi connectivity index (χ4n) is 2.52. The molecule has 3 aromatic rings. The monoisotopic (exact) mass is 469 g/mol. The summed E-state index contributed by atoms with van der Waals surface area (Å²) >= 11 is 11.9. The number of hydrazone groups is 1. The molecule has 0 aliphatic heterocycles. The largest absolute Gasteiger partial charge is 0.423 e. The Balaban J connectivity index is 1.57. The highest BCUT2D eigenvalue weighted by atomic mass is 35.5. The zero-order chi connectivity index (χ0) is 23.1. The molecule has 0 aliphatic carbocycles. The van der Waals surface area contributed by atoms with Crippen LogP contribution in [0.1, 0.15) is 21.5 Å². The molecule has 0 saturated heterocycles. The van der Waals surface area contributed by atoms with Crippen molar-refractivity contribution < 1.29 is 19.1 Å². The maximum atomic E-state index is 12.3. The molecule has 0 fully saturated rings. The number of nitrogens with one attached hydrogen (secondary N) is 2. The van der Waals surface area contributed by atoms with Gasteiger partial charge in [0.15, 0.2) is 0 Å². The quantitative estimate of drug-likeness (QED) is 0.187. The van der Waals surface area contributed by atoms with Crippen LogP contribution in [0.4, 0.5) is 5.69 Å². The number of carbonyl (C=O) groups excluding carboxylic acids is 3. The minimum atomic E-state index is -0.929. The number of halogens is 2. The van der Waals surface area contributed by atoms with E-state index in [-0.39, 0.29) is 16.3 Å². The maximum Gasteiger partial charge on any atom is 0.345 e. The van der Waals surface area contributed by atoms with Crippen molar-refractivity contribution in [1.29, 1.82) is 0 Å². The molecule has 0 aromatic heterocycles. The Labute approximate surface area is 194 Å². The lowest BCUT2D eigenvalue weighted by Gasteiger charge is -2.07. The molecule has 162 valence electrons. The smallest absolute Gasteiger partial charge is 0.345 e. The van der Waals surface area contributed by atoms with Crippen LogP contribution in [0.5, 0.6) is 5.75 Å². The van der Waals surface area contributed by atoms with E-state index in [4.69, 9.17) is 27.9 Å². The van der Waals surface area contributed by atoms with E-state index in [1.54, 1.807) is 30.3 Å². The van der Waals surface area contributed by atoms with Crippen molar-refractivity contribution in [3.05, 3.63) is 93.5 Å². The first-order chi connectivity index (χ1) is 15.3. The molecule has 7 nitrogen and oxygen atoms in total. The van der Waals surface area contributed by atoms with E-state index in [9.17, 15) is 14.4 Å². The third-order valence-electron chi connectivity index (χ3n) is 4.12. The average molecular weight is 470 g/mol.